The minimum absolute atomic E-state index is 0.0807. The molecule has 18 heteroatoms. The average Bonchev–Trinajstić information content (AvgIpc) is 3.20. The molecule has 2 aromatic carbocycles. The molecule has 3 aromatic rings. The van der Waals surface area contributed by atoms with Crippen LogP contribution >= 0.6 is 11.6 Å². The number of aliphatic hydroxyl groups is 1. The number of aliphatic hydroxyl groups excluding tert-OH is 1. The lowest BCUT2D eigenvalue weighted by Crippen LogP contribution is -2.53. The Hall–Kier alpha value is -4.38. The van der Waals surface area contributed by atoms with E-state index in [1.807, 2.05) is 0 Å². The molecule has 0 aliphatic heterocycles. The fourth-order valence-electron chi connectivity index (χ4n) is 3.77. The van der Waals surface area contributed by atoms with Crippen LogP contribution in [0.15, 0.2) is 53.3 Å². The molecule has 1 unspecified atom stereocenters. The smallest absolute Gasteiger partial charge is 0.416 e. The Kier molecular flexibility index (Phi) is 9.84. The highest BCUT2D eigenvalue weighted by Crippen LogP contribution is 2.31. The first-order valence-corrected chi connectivity index (χ1v) is 12.8. The van der Waals surface area contributed by atoms with Gasteiger partial charge in [-0.05, 0) is 55.8 Å². The third-order valence-electron chi connectivity index (χ3n) is 6.14. The van der Waals surface area contributed by atoms with Gasteiger partial charge in [0.05, 0.1) is 12.1 Å². The third-order valence-corrected chi connectivity index (χ3v) is 6.39. The molecular weight excluding hydrogens is 628 g/mol. The molecule has 0 bridgehead atoms. The number of amides is 2. The molecule has 2 atom stereocenters. The van der Waals surface area contributed by atoms with Gasteiger partial charge in [-0.2, -0.15) is 26.3 Å². The van der Waals surface area contributed by atoms with Crippen LogP contribution in [0, 0.1) is 0 Å². The Morgan fingerprint density at radius 3 is 2.18 bits per heavy atom. The maximum atomic E-state index is 13.4. The SMILES string of the molecule is CC(C)(NC(=O)C(NC(=O)Cn1nc(-c2ccc(Cl)cc2)n(C[C@H](O)C(F)(F)F)c1=O)c1cccc(C(F)(F)F)c1)C(=O)O. The van der Waals surface area contributed by atoms with Crippen LogP contribution in [-0.4, -0.2) is 60.2 Å². The van der Waals surface area contributed by atoms with Gasteiger partial charge in [-0.3, -0.25) is 14.2 Å². The van der Waals surface area contributed by atoms with E-state index >= 15 is 0 Å². The van der Waals surface area contributed by atoms with Gasteiger partial charge in [-0.15, -0.1) is 5.10 Å². The number of aliphatic carboxylic acids is 1. The first-order valence-electron chi connectivity index (χ1n) is 12.4. The number of alkyl halides is 6. The van der Waals surface area contributed by atoms with Crippen LogP contribution in [0.1, 0.15) is 31.0 Å². The van der Waals surface area contributed by atoms with Gasteiger partial charge in [0.25, 0.3) is 0 Å². The van der Waals surface area contributed by atoms with Crippen molar-refractivity contribution in [3.63, 3.8) is 0 Å². The Bertz CT molecular complexity index is 1600. The highest BCUT2D eigenvalue weighted by atomic mass is 35.5. The third kappa shape index (κ3) is 8.16. The van der Waals surface area contributed by atoms with E-state index in [0.29, 0.717) is 21.4 Å². The Labute approximate surface area is 249 Å². The maximum Gasteiger partial charge on any atom is 0.416 e. The van der Waals surface area contributed by atoms with Gasteiger partial charge < -0.3 is 20.8 Å². The van der Waals surface area contributed by atoms with Crippen LogP contribution in [0.2, 0.25) is 5.02 Å². The lowest BCUT2D eigenvalue weighted by atomic mass is 10.00. The van der Waals surface area contributed by atoms with Crippen molar-refractivity contribution in [2.45, 2.75) is 57.0 Å². The van der Waals surface area contributed by atoms with Gasteiger partial charge in [0.15, 0.2) is 11.9 Å². The van der Waals surface area contributed by atoms with E-state index in [-0.39, 0.29) is 10.6 Å². The summed E-state index contributed by atoms with van der Waals surface area (Å²) in [6.07, 6.45) is -13.0. The summed E-state index contributed by atoms with van der Waals surface area (Å²) in [6.45, 7) is -0.183. The minimum atomic E-state index is -5.12. The largest absolute Gasteiger partial charge is 0.480 e. The molecular formula is C26H24ClF6N5O6. The fourth-order valence-corrected chi connectivity index (χ4v) is 3.89. The van der Waals surface area contributed by atoms with Crippen molar-refractivity contribution in [3.05, 3.63) is 75.2 Å². The number of carbonyl (C=O) groups is 3. The van der Waals surface area contributed by atoms with Crippen LogP contribution in [0.5, 0.6) is 0 Å². The lowest BCUT2D eigenvalue weighted by molar-refractivity contribution is -0.207. The van der Waals surface area contributed by atoms with Crippen molar-refractivity contribution < 1.29 is 50.9 Å². The summed E-state index contributed by atoms with van der Waals surface area (Å²) in [5, 5.41) is 27.3. The topological polar surface area (TPSA) is 156 Å². The standard InChI is InChI=1S/C26H24ClF6N5O6/c1-24(2,22(42)43)35-21(41)19(14-4-3-5-15(10-14)25(28,29)30)34-18(40)12-38-23(44)37(11-17(39)26(31,32)33)20(36-38)13-6-8-16(27)9-7-13/h3-10,17,19,39H,11-12H2,1-2H3,(H,34,40)(H,35,41)(H,42,43)/t17-,19?/m0/s1. The normalized spacial score (nSPS) is 13.7. The summed E-state index contributed by atoms with van der Waals surface area (Å²) < 4.78 is 80.3. The average molecular weight is 652 g/mol. The molecule has 2 amide bonds. The second-order valence-corrected chi connectivity index (χ2v) is 10.4. The second-order valence-electron chi connectivity index (χ2n) is 9.98. The van der Waals surface area contributed by atoms with E-state index in [9.17, 15) is 55.7 Å². The number of aromatic nitrogens is 3. The summed E-state index contributed by atoms with van der Waals surface area (Å²) in [5.41, 5.74) is -4.72. The molecule has 0 aliphatic rings. The van der Waals surface area contributed by atoms with Crippen molar-refractivity contribution in [1.29, 1.82) is 0 Å². The summed E-state index contributed by atoms with van der Waals surface area (Å²) >= 11 is 5.84. The molecule has 11 nitrogen and oxygen atoms in total. The van der Waals surface area contributed by atoms with Crippen molar-refractivity contribution in [1.82, 2.24) is 25.0 Å². The number of nitrogens with one attached hydrogen (secondary N) is 2. The van der Waals surface area contributed by atoms with Gasteiger partial charge in [-0.25, -0.2) is 14.3 Å². The molecule has 0 fully saturated rings. The summed E-state index contributed by atoms with van der Waals surface area (Å²) in [4.78, 5) is 50.7. The highest BCUT2D eigenvalue weighted by Gasteiger charge is 2.40. The Morgan fingerprint density at radius 1 is 1.02 bits per heavy atom. The molecule has 0 saturated heterocycles. The van der Waals surface area contributed by atoms with E-state index in [1.165, 1.54) is 24.3 Å². The number of halogens is 7. The van der Waals surface area contributed by atoms with E-state index in [2.05, 4.69) is 15.7 Å². The number of nitrogens with zero attached hydrogens (tertiary/aromatic N) is 3. The predicted octanol–water partition coefficient (Wildman–Crippen LogP) is 3.14. The zero-order chi connectivity index (χ0) is 33.2. The number of rotatable bonds is 10. The molecule has 44 heavy (non-hydrogen) atoms. The quantitative estimate of drug-likeness (QED) is 0.246. The van der Waals surface area contributed by atoms with Gasteiger partial charge in [-0.1, -0.05) is 23.7 Å². The van der Waals surface area contributed by atoms with Crippen LogP contribution in [0.3, 0.4) is 0 Å². The number of carboxylic acids is 1. The minimum Gasteiger partial charge on any atom is -0.480 e. The van der Waals surface area contributed by atoms with Gasteiger partial charge in [0, 0.05) is 10.6 Å². The van der Waals surface area contributed by atoms with Crippen LogP contribution in [-0.2, 0) is 33.6 Å². The zero-order valence-corrected chi connectivity index (χ0v) is 23.5. The summed E-state index contributed by atoms with van der Waals surface area (Å²) in [5.74, 6) is -4.33. The first kappa shape index (κ1) is 34.1. The van der Waals surface area contributed by atoms with E-state index < -0.39 is 83.6 Å². The molecule has 3 rings (SSSR count). The molecule has 1 heterocycles. The zero-order valence-electron chi connectivity index (χ0n) is 22.7. The fraction of sp³-hybridized carbons (Fsp3) is 0.346. The second kappa shape index (κ2) is 12.7. The number of carbonyl (C=O) groups excluding carboxylic acids is 2. The molecule has 0 radical (unpaired) electrons. The molecule has 0 aliphatic carbocycles. The van der Waals surface area contributed by atoms with Gasteiger partial charge in [0.2, 0.25) is 11.8 Å². The van der Waals surface area contributed by atoms with E-state index in [4.69, 9.17) is 11.6 Å². The van der Waals surface area contributed by atoms with Crippen molar-refractivity contribution in [3.8, 4) is 11.4 Å². The number of benzene rings is 2. The highest BCUT2D eigenvalue weighted by molar-refractivity contribution is 6.30. The molecule has 0 spiro atoms. The molecule has 4 N–H and O–H groups in total. The van der Waals surface area contributed by atoms with Crippen LogP contribution in [0.4, 0.5) is 26.3 Å². The monoisotopic (exact) mass is 651 g/mol. The van der Waals surface area contributed by atoms with Crippen molar-refractivity contribution >= 4 is 29.4 Å². The molecule has 238 valence electrons. The summed E-state index contributed by atoms with van der Waals surface area (Å²) in [6, 6.07) is 6.64. The molecule has 1 aromatic heterocycles. The van der Waals surface area contributed by atoms with Crippen LogP contribution < -0.4 is 16.3 Å². The number of hydrogen-bond donors (Lipinski definition) is 4. The number of carboxylic acid groups (broad SMARTS) is 1. The van der Waals surface area contributed by atoms with Crippen molar-refractivity contribution in [2.75, 3.05) is 0 Å². The van der Waals surface area contributed by atoms with Crippen molar-refractivity contribution in [2.24, 2.45) is 0 Å². The first-order chi connectivity index (χ1) is 20.2. The molecule has 0 saturated carbocycles. The Balaban J connectivity index is 2.01. The maximum absolute atomic E-state index is 13.4. The van der Waals surface area contributed by atoms with Crippen LogP contribution in [0.25, 0.3) is 11.4 Å². The van der Waals surface area contributed by atoms with Gasteiger partial charge >= 0.3 is 24.0 Å². The predicted molar refractivity (Wildman–Crippen MR) is 141 cm³/mol. The summed E-state index contributed by atoms with van der Waals surface area (Å²) in [7, 11) is 0. The Morgan fingerprint density at radius 2 is 1.64 bits per heavy atom. The van der Waals surface area contributed by atoms with Gasteiger partial charge in [0.1, 0.15) is 18.1 Å². The number of hydrogen-bond acceptors (Lipinski definition) is 6. The van der Waals surface area contributed by atoms with E-state index in [0.717, 1.165) is 26.0 Å². The van der Waals surface area contributed by atoms with E-state index in [1.54, 1.807) is 0 Å². The lowest BCUT2D eigenvalue weighted by Gasteiger charge is -2.26.